The molecule has 4 rings (SSSR count). The summed E-state index contributed by atoms with van der Waals surface area (Å²) in [5.41, 5.74) is 3.34. The van der Waals surface area contributed by atoms with Crippen LogP contribution in [0.2, 0.25) is 5.02 Å². The lowest BCUT2D eigenvalue weighted by Crippen LogP contribution is -2.08. The van der Waals surface area contributed by atoms with E-state index in [1.165, 1.54) is 6.20 Å². The van der Waals surface area contributed by atoms with Crippen molar-refractivity contribution >= 4 is 28.3 Å². The number of nitrogens with zero attached hydrogens (tertiary/aromatic N) is 3. The minimum atomic E-state index is -0.312. The lowest BCUT2D eigenvalue weighted by Gasteiger charge is -2.10. The van der Waals surface area contributed by atoms with E-state index in [0.717, 1.165) is 22.2 Å². The first-order valence-electron chi connectivity index (χ1n) is 8.89. The SMILES string of the molecule is COCc1c(C(=O)C#Cc2ccccc2)cnn1-c1ccnc2cc(Cl)ccc12. The van der Waals surface area contributed by atoms with Crippen LogP contribution in [0.1, 0.15) is 21.6 Å². The number of carbonyl (C=O) groups is 1. The third-order valence-electron chi connectivity index (χ3n) is 4.40. The number of pyridine rings is 1. The van der Waals surface area contributed by atoms with Crippen LogP contribution < -0.4 is 0 Å². The van der Waals surface area contributed by atoms with E-state index in [0.29, 0.717) is 16.3 Å². The van der Waals surface area contributed by atoms with Crippen LogP contribution in [-0.4, -0.2) is 27.7 Å². The van der Waals surface area contributed by atoms with Crippen LogP contribution in [0.3, 0.4) is 0 Å². The van der Waals surface area contributed by atoms with Crippen LogP contribution >= 0.6 is 11.6 Å². The van der Waals surface area contributed by atoms with Crippen molar-refractivity contribution in [1.29, 1.82) is 0 Å². The minimum absolute atomic E-state index is 0.214. The van der Waals surface area contributed by atoms with E-state index in [2.05, 4.69) is 21.9 Å². The molecule has 0 saturated carbocycles. The van der Waals surface area contributed by atoms with Gasteiger partial charge >= 0.3 is 0 Å². The number of hydrogen-bond acceptors (Lipinski definition) is 4. The minimum Gasteiger partial charge on any atom is -0.378 e. The maximum absolute atomic E-state index is 12.8. The fourth-order valence-electron chi connectivity index (χ4n) is 3.06. The van der Waals surface area contributed by atoms with Gasteiger partial charge in [0.2, 0.25) is 5.78 Å². The molecule has 0 saturated heterocycles. The number of halogens is 1. The molecule has 0 aliphatic carbocycles. The topological polar surface area (TPSA) is 57.0 Å². The summed E-state index contributed by atoms with van der Waals surface area (Å²) in [5.74, 6) is 5.28. The van der Waals surface area contributed by atoms with Gasteiger partial charge in [-0.25, -0.2) is 4.68 Å². The Hall–Kier alpha value is -3.46. The number of carbonyl (C=O) groups excluding carboxylic acids is 1. The number of methoxy groups -OCH3 is 1. The molecule has 0 amide bonds. The fourth-order valence-corrected chi connectivity index (χ4v) is 3.22. The second-order valence-electron chi connectivity index (χ2n) is 6.29. The lowest BCUT2D eigenvalue weighted by atomic mass is 10.1. The van der Waals surface area contributed by atoms with Gasteiger partial charge in [0.15, 0.2) is 0 Å². The molecule has 0 aliphatic rings. The standard InChI is InChI=1S/C23H16ClN3O2/c1-29-15-22-19(23(28)10-7-16-5-3-2-4-6-16)14-26-27(22)21-11-12-25-20-13-17(24)8-9-18(20)21/h2-6,8-9,11-14H,15H2,1H3. The number of aromatic nitrogens is 3. The predicted molar refractivity (Wildman–Crippen MR) is 112 cm³/mol. The molecule has 0 atom stereocenters. The van der Waals surface area contributed by atoms with Gasteiger partial charge in [-0.2, -0.15) is 5.10 Å². The number of ketones is 1. The zero-order chi connectivity index (χ0) is 20.2. The molecule has 142 valence electrons. The maximum atomic E-state index is 12.8. The molecule has 2 aromatic carbocycles. The lowest BCUT2D eigenvalue weighted by molar-refractivity contribution is 0.105. The largest absolute Gasteiger partial charge is 0.378 e. The molecular formula is C23H16ClN3O2. The second-order valence-corrected chi connectivity index (χ2v) is 6.72. The molecule has 0 spiro atoms. The molecule has 5 nitrogen and oxygen atoms in total. The molecule has 29 heavy (non-hydrogen) atoms. The van der Waals surface area contributed by atoms with Crippen molar-refractivity contribution in [1.82, 2.24) is 14.8 Å². The smallest absolute Gasteiger partial charge is 0.239 e. The first-order chi connectivity index (χ1) is 14.2. The third-order valence-corrected chi connectivity index (χ3v) is 4.63. The monoisotopic (exact) mass is 401 g/mol. The first kappa shape index (κ1) is 18.9. The fraction of sp³-hybridized carbons (Fsp3) is 0.0870. The molecule has 0 fully saturated rings. The van der Waals surface area contributed by atoms with E-state index < -0.39 is 0 Å². The summed E-state index contributed by atoms with van der Waals surface area (Å²) in [6, 6.07) is 16.7. The predicted octanol–water partition coefficient (Wildman–Crippen LogP) is 4.45. The summed E-state index contributed by atoms with van der Waals surface area (Å²) < 4.78 is 7.03. The highest BCUT2D eigenvalue weighted by molar-refractivity contribution is 6.31. The highest BCUT2D eigenvalue weighted by Crippen LogP contribution is 2.25. The van der Waals surface area contributed by atoms with Crippen molar-refractivity contribution < 1.29 is 9.53 Å². The summed E-state index contributed by atoms with van der Waals surface area (Å²) in [4.78, 5) is 17.1. The van der Waals surface area contributed by atoms with Crippen LogP contribution in [0.15, 0.2) is 67.0 Å². The normalized spacial score (nSPS) is 10.6. The molecule has 6 heteroatoms. The molecule has 0 bridgehead atoms. The second kappa shape index (κ2) is 8.27. The highest BCUT2D eigenvalue weighted by Gasteiger charge is 2.18. The van der Waals surface area contributed by atoms with E-state index in [1.54, 1.807) is 30.1 Å². The summed E-state index contributed by atoms with van der Waals surface area (Å²) in [6.07, 6.45) is 3.21. The zero-order valence-corrected chi connectivity index (χ0v) is 16.3. The van der Waals surface area contributed by atoms with Crippen LogP contribution in [0.5, 0.6) is 0 Å². The van der Waals surface area contributed by atoms with Crippen molar-refractivity contribution in [3.05, 3.63) is 88.8 Å². The zero-order valence-electron chi connectivity index (χ0n) is 15.6. The number of hydrogen-bond donors (Lipinski definition) is 0. The van der Waals surface area contributed by atoms with Gasteiger partial charge in [-0.1, -0.05) is 35.7 Å². The highest BCUT2D eigenvalue weighted by atomic mass is 35.5. The average Bonchev–Trinajstić information content (AvgIpc) is 3.16. The van der Waals surface area contributed by atoms with E-state index >= 15 is 0 Å². The molecular weight excluding hydrogens is 386 g/mol. The molecule has 0 unspecified atom stereocenters. The Kier molecular flexibility index (Phi) is 5.39. The maximum Gasteiger partial charge on any atom is 0.239 e. The van der Waals surface area contributed by atoms with Gasteiger partial charge in [0.05, 0.1) is 35.3 Å². The van der Waals surface area contributed by atoms with Gasteiger partial charge in [0, 0.05) is 29.3 Å². The Labute approximate surface area is 172 Å². The van der Waals surface area contributed by atoms with Crippen LogP contribution in [0.25, 0.3) is 16.6 Å². The molecule has 0 radical (unpaired) electrons. The average molecular weight is 402 g/mol. The summed E-state index contributed by atoms with van der Waals surface area (Å²) in [6.45, 7) is 0.214. The van der Waals surface area contributed by atoms with Crippen molar-refractivity contribution in [2.24, 2.45) is 0 Å². The molecule has 4 aromatic rings. The third kappa shape index (κ3) is 3.90. The number of ether oxygens (including phenoxy) is 1. The first-order valence-corrected chi connectivity index (χ1v) is 9.27. The summed E-state index contributed by atoms with van der Waals surface area (Å²) in [7, 11) is 1.58. The van der Waals surface area contributed by atoms with Gasteiger partial charge in [-0.3, -0.25) is 9.78 Å². The van der Waals surface area contributed by atoms with Crippen molar-refractivity contribution in [2.45, 2.75) is 6.61 Å². The Morgan fingerprint density at radius 2 is 2.00 bits per heavy atom. The van der Waals surface area contributed by atoms with Crippen molar-refractivity contribution in [3.63, 3.8) is 0 Å². The van der Waals surface area contributed by atoms with Gasteiger partial charge in [0.1, 0.15) is 0 Å². The van der Waals surface area contributed by atoms with E-state index in [1.807, 2.05) is 42.5 Å². The Bertz CT molecular complexity index is 1250. The van der Waals surface area contributed by atoms with Gasteiger partial charge in [-0.15, -0.1) is 0 Å². The van der Waals surface area contributed by atoms with Gasteiger partial charge in [0.25, 0.3) is 0 Å². The van der Waals surface area contributed by atoms with Crippen LogP contribution in [-0.2, 0) is 11.3 Å². The Morgan fingerprint density at radius 3 is 2.79 bits per heavy atom. The molecule has 0 N–H and O–H groups in total. The summed E-state index contributed by atoms with van der Waals surface area (Å²) >= 11 is 6.09. The van der Waals surface area contributed by atoms with E-state index in [9.17, 15) is 4.79 Å². The number of Topliss-reactive ketones (excluding diaryl/α,β-unsaturated/α-hetero) is 1. The van der Waals surface area contributed by atoms with Crippen LogP contribution in [0, 0.1) is 11.8 Å². The number of benzene rings is 2. The van der Waals surface area contributed by atoms with Crippen LogP contribution in [0.4, 0.5) is 0 Å². The molecule has 2 heterocycles. The van der Waals surface area contributed by atoms with E-state index in [4.69, 9.17) is 16.3 Å². The molecule has 2 aromatic heterocycles. The van der Waals surface area contributed by atoms with E-state index in [-0.39, 0.29) is 12.4 Å². The van der Waals surface area contributed by atoms with Crippen molar-refractivity contribution in [2.75, 3.05) is 7.11 Å². The quantitative estimate of drug-likeness (QED) is 0.374. The number of rotatable bonds is 4. The Morgan fingerprint density at radius 1 is 1.17 bits per heavy atom. The van der Waals surface area contributed by atoms with Gasteiger partial charge in [-0.05, 0) is 42.3 Å². The number of fused-ring (bicyclic) bond motifs is 1. The Balaban J connectivity index is 1.79. The van der Waals surface area contributed by atoms with Gasteiger partial charge < -0.3 is 4.74 Å². The summed E-state index contributed by atoms with van der Waals surface area (Å²) in [5, 5.41) is 5.91. The van der Waals surface area contributed by atoms with Crippen molar-refractivity contribution in [3.8, 4) is 17.5 Å². The molecule has 0 aliphatic heterocycles.